The van der Waals surface area contributed by atoms with Gasteiger partial charge >= 0.3 is 0 Å². The minimum absolute atomic E-state index is 0.304. The molecule has 0 aliphatic carbocycles. The highest BCUT2D eigenvalue weighted by Gasteiger charge is 2.47. The fraction of sp³-hybridized carbons (Fsp3) is 0.429. The van der Waals surface area contributed by atoms with Gasteiger partial charge in [-0.25, -0.2) is 8.42 Å². The Morgan fingerprint density at radius 1 is 0.929 bits per heavy atom. The molecule has 2 aliphatic heterocycles. The first-order valence-corrected chi connectivity index (χ1v) is 11.1. The van der Waals surface area contributed by atoms with Gasteiger partial charge in [-0.15, -0.1) is 0 Å². The minimum atomic E-state index is -3.45. The Morgan fingerprint density at radius 3 is 2.25 bits per heavy atom. The Kier molecular flexibility index (Phi) is 4.85. The molecule has 4 rings (SSSR count). The van der Waals surface area contributed by atoms with Crippen molar-refractivity contribution in [2.45, 2.75) is 24.3 Å². The van der Waals surface area contributed by atoms with Crippen LogP contribution in [-0.4, -0.2) is 62.0 Å². The van der Waals surface area contributed by atoms with Crippen LogP contribution in [0.5, 0.6) is 5.75 Å². The van der Waals surface area contributed by atoms with Crippen LogP contribution in [0.1, 0.15) is 19.4 Å². The number of nitrogens with zero attached hydrogens (tertiary/aromatic N) is 3. The summed E-state index contributed by atoms with van der Waals surface area (Å²) >= 11 is 0. The van der Waals surface area contributed by atoms with Crippen molar-refractivity contribution in [3.05, 3.63) is 54.1 Å². The van der Waals surface area contributed by atoms with Crippen molar-refractivity contribution in [2.75, 3.05) is 44.2 Å². The average Bonchev–Trinajstić information content (AvgIpc) is 2.84. The number of benzene rings is 2. The van der Waals surface area contributed by atoms with Gasteiger partial charge in [0.1, 0.15) is 5.75 Å². The number of hydrogen-bond donors (Lipinski definition) is 1. The zero-order valence-electron chi connectivity index (χ0n) is 16.4. The molecule has 0 unspecified atom stereocenters. The number of sulfonamides is 1. The van der Waals surface area contributed by atoms with Crippen molar-refractivity contribution < 1.29 is 13.5 Å². The molecule has 2 aromatic rings. The smallest absolute Gasteiger partial charge is 0.244 e. The number of rotatable bonds is 4. The van der Waals surface area contributed by atoms with Crippen LogP contribution in [0.3, 0.4) is 0 Å². The summed E-state index contributed by atoms with van der Waals surface area (Å²) in [6.07, 6.45) is 0. The topological polar surface area (TPSA) is 64.1 Å². The molecule has 0 aromatic heterocycles. The number of aromatic hydroxyl groups is 1. The van der Waals surface area contributed by atoms with Crippen molar-refractivity contribution in [1.82, 2.24) is 9.21 Å². The maximum absolute atomic E-state index is 13.0. The van der Waals surface area contributed by atoms with Gasteiger partial charge in [0.25, 0.3) is 0 Å². The fourth-order valence-corrected chi connectivity index (χ4v) is 6.43. The maximum Gasteiger partial charge on any atom is 0.244 e. The van der Waals surface area contributed by atoms with Crippen LogP contribution >= 0.6 is 0 Å². The van der Waals surface area contributed by atoms with Gasteiger partial charge in [-0.05, 0) is 37.6 Å². The molecule has 2 heterocycles. The van der Waals surface area contributed by atoms with Crippen LogP contribution in [0, 0.1) is 0 Å². The Bertz CT molecular complexity index is 966. The van der Waals surface area contributed by atoms with Gasteiger partial charge in [-0.2, -0.15) is 4.31 Å². The van der Waals surface area contributed by atoms with E-state index in [1.165, 1.54) is 0 Å². The Hall–Kier alpha value is -2.09. The first kappa shape index (κ1) is 19.2. The number of anilines is 1. The highest BCUT2D eigenvalue weighted by atomic mass is 32.2. The second-order valence-electron chi connectivity index (χ2n) is 7.95. The van der Waals surface area contributed by atoms with Gasteiger partial charge < -0.3 is 10.0 Å². The molecule has 7 heteroatoms. The van der Waals surface area contributed by atoms with Gasteiger partial charge in [0.2, 0.25) is 10.0 Å². The van der Waals surface area contributed by atoms with E-state index in [9.17, 15) is 13.5 Å². The predicted molar refractivity (Wildman–Crippen MR) is 110 cm³/mol. The molecule has 6 nitrogen and oxygen atoms in total. The standard InChI is InChI=1S/C21H27N3O3S/c1-21(2)17-7-3-6-10-20(17)28(26,27)24(21)16-13-22-11-14-23(15-12-22)18-8-4-5-9-19(18)25/h3-10,25H,11-16H2,1-2H3. The number of hydrogen-bond acceptors (Lipinski definition) is 5. The molecule has 0 radical (unpaired) electrons. The molecule has 1 fully saturated rings. The summed E-state index contributed by atoms with van der Waals surface area (Å²) in [5.41, 5.74) is 1.20. The van der Waals surface area contributed by atoms with E-state index in [2.05, 4.69) is 9.80 Å². The van der Waals surface area contributed by atoms with Crippen LogP contribution in [0.2, 0.25) is 0 Å². The molecule has 1 saturated heterocycles. The van der Waals surface area contributed by atoms with Crippen molar-refractivity contribution in [3.63, 3.8) is 0 Å². The molecule has 0 atom stereocenters. The lowest BCUT2D eigenvalue weighted by molar-refractivity contribution is 0.189. The molecule has 0 spiro atoms. The number of para-hydroxylation sites is 2. The van der Waals surface area contributed by atoms with Crippen molar-refractivity contribution in [2.24, 2.45) is 0 Å². The number of phenolic OH excluding ortho intramolecular Hbond substituents is 1. The van der Waals surface area contributed by atoms with Gasteiger partial charge in [0, 0.05) is 39.3 Å². The second kappa shape index (κ2) is 7.06. The molecular formula is C21H27N3O3S. The summed E-state index contributed by atoms with van der Waals surface area (Å²) in [5.74, 6) is 0.304. The summed E-state index contributed by atoms with van der Waals surface area (Å²) < 4.78 is 27.7. The molecule has 1 N–H and O–H groups in total. The number of fused-ring (bicyclic) bond motifs is 1. The summed E-state index contributed by atoms with van der Waals surface area (Å²) in [6, 6.07) is 14.7. The minimum Gasteiger partial charge on any atom is -0.506 e. The Balaban J connectivity index is 1.40. The van der Waals surface area contributed by atoms with E-state index in [0.717, 1.165) is 37.4 Å². The highest BCUT2D eigenvalue weighted by Crippen LogP contribution is 2.43. The molecule has 2 aliphatic rings. The van der Waals surface area contributed by atoms with Gasteiger partial charge in [0.05, 0.1) is 16.1 Å². The molecule has 28 heavy (non-hydrogen) atoms. The zero-order valence-corrected chi connectivity index (χ0v) is 17.2. The number of phenols is 1. The van der Waals surface area contributed by atoms with E-state index >= 15 is 0 Å². The van der Waals surface area contributed by atoms with E-state index in [4.69, 9.17) is 0 Å². The van der Waals surface area contributed by atoms with Crippen LogP contribution in [0.4, 0.5) is 5.69 Å². The third kappa shape index (κ3) is 3.17. The third-order valence-electron chi connectivity index (χ3n) is 5.95. The molecule has 2 aromatic carbocycles. The van der Waals surface area contributed by atoms with E-state index < -0.39 is 15.6 Å². The Labute approximate surface area is 167 Å². The molecular weight excluding hydrogens is 374 g/mol. The molecule has 0 bridgehead atoms. The first-order valence-electron chi connectivity index (χ1n) is 9.69. The van der Waals surface area contributed by atoms with Crippen LogP contribution in [-0.2, 0) is 15.6 Å². The third-order valence-corrected chi connectivity index (χ3v) is 8.08. The van der Waals surface area contributed by atoms with Crippen LogP contribution in [0.15, 0.2) is 53.4 Å². The first-order chi connectivity index (χ1) is 13.3. The van der Waals surface area contributed by atoms with E-state index in [1.807, 2.05) is 44.2 Å². The molecule has 0 amide bonds. The normalized spacial score (nSPS) is 21.6. The van der Waals surface area contributed by atoms with Crippen LogP contribution in [0.25, 0.3) is 0 Å². The predicted octanol–water partition coefficient (Wildman–Crippen LogP) is 2.45. The van der Waals surface area contributed by atoms with Crippen LogP contribution < -0.4 is 4.90 Å². The molecule has 150 valence electrons. The SMILES string of the molecule is CC1(C)c2ccccc2S(=O)(=O)N1CCN1CCN(c2ccccc2O)CC1. The van der Waals surface area contributed by atoms with Gasteiger partial charge in [-0.3, -0.25) is 4.90 Å². The quantitative estimate of drug-likeness (QED) is 0.853. The Morgan fingerprint density at radius 2 is 1.57 bits per heavy atom. The largest absolute Gasteiger partial charge is 0.506 e. The highest BCUT2D eigenvalue weighted by molar-refractivity contribution is 7.89. The fourth-order valence-electron chi connectivity index (χ4n) is 4.33. The lowest BCUT2D eigenvalue weighted by Crippen LogP contribution is -2.50. The maximum atomic E-state index is 13.0. The summed E-state index contributed by atoms with van der Waals surface area (Å²) in [4.78, 5) is 4.91. The van der Waals surface area contributed by atoms with Crippen molar-refractivity contribution in [1.29, 1.82) is 0 Å². The van der Waals surface area contributed by atoms with Gasteiger partial charge in [-0.1, -0.05) is 30.3 Å². The molecule has 0 saturated carbocycles. The summed E-state index contributed by atoms with van der Waals surface area (Å²) in [6.45, 7) is 8.44. The van der Waals surface area contributed by atoms with Gasteiger partial charge in [0.15, 0.2) is 0 Å². The summed E-state index contributed by atoms with van der Waals surface area (Å²) in [7, 11) is -3.45. The van der Waals surface area contributed by atoms with Crippen molar-refractivity contribution in [3.8, 4) is 5.75 Å². The zero-order chi connectivity index (χ0) is 19.9. The average molecular weight is 402 g/mol. The lowest BCUT2D eigenvalue weighted by Gasteiger charge is -2.38. The monoisotopic (exact) mass is 401 g/mol. The van der Waals surface area contributed by atoms with E-state index in [0.29, 0.717) is 23.7 Å². The second-order valence-corrected chi connectivity index (χ2v) is 9.78. The van der Waals surface area contributed by atoms with Crippen molar-refractivity contribution >= 4 is 15.7 Å². The summed E-state index contributed by atoms with van der Waals surface area (Å²) in [5, 5.41) is 10.0. The number of piperazine rings is 1. The lowest BCUT2D eigenvalue weighted by atomic mass is 9.94. The van der Waals surface area contributed by atoms with E-state index in [1.54, 1.807) is 22.5 Å². The van der Waals surface area contributed by atoms with E-state index in [-0.39, 0.29) is 0 Å².